The molecule has 0 radical (unpaired) electrons. The summed E-state index contributed by atoms with van der Waals surface area (Å²) < 4.78 is 6.31. The summed E-state index contributed by atoms with van der Waals surface area (Å²) in [5, 5.41) is 2.80. The van der Waals surface area contributed by atoms with Crippen molar-refractivity contribution in [2.75, 3.05) is 11.9 Å². The van der Waals surface area contributed by atoms with E-state index in [2.05, 4.69) is 21.2 Å². The number of hydrogen-bond acceptors (Lipinski definition) is 3. The molecule has 0 bridgehead atoms. The molecule has 0 heterocycles. The van der Waals surface area contributed by atoms with E-state index in [9.17, 15) is 4.79 Å². The van der Waals surface area contributed by atoms with Gasteiger partial charge in [-0.05, 0) is 58.2 Å². The summed E-state index contributed by atoms with van der Waals surface area (Å²) in [4.78, 5) is 11.9. The molecule has 4 nitrogen and oxygen atoms in total. The van der Waals surface area contributed by atoms with Crippen LogP contribution in [0.2, 0.25) is 0 Å². The first-order valence-corrected chi connectivity index (χ1v) is 7.35. The van der Waals surface area contributed by atoms with Gasteiger partial charge < -0.3 is 15.8 Å². The van der Waals surface area contributed by atoms with Gasteiger partial charge in [0.25, 0.3) is 5.91 Å². The van der Waals surface area contributed by atoms with Crippen molar-refractivity contribution in [3.8, 4) is 5.75 Å². The minimum atomic E-state index is -0.210. The third kappa shape index (κ3) is 4.58. The number of carbonyl (C=O) groups excluding carboxylic acids is 1. The molecule has 0 spiro atoms. The quantitative estimate of drug-likeness (QED) is 0.871. The Morgan fingerprint density at radius 2 is 2.10 bits per heavy atom. The number of nitrogens with one attached hydrogen (secondary N) is 1. The number of carbonyl (C=O) groups is 1. The lowest BCUT2D eigenvalue weighted by Gasteiger charge is -2.10. The average Bonchev–Trinajstić information content (AvgIpc) is 2.48. The summed E-state index contributed by atoms with van der Waals surface area (Å²) in [5.74, 6) is 0.425. The number of hydrogen-bond donors (Lipinski definition) is 2. The van der Waals surface area contributed by atoms with E-state index < -0.39 is 0 Å². The largest absolute Gasteiger partial charge is 0.484 e. The molecule has 2 aromatic carbocycles. The van der Waals surface area contributed by atoms with Gasteiger partial charge in [-0.25, -0.2) is 0 Å². The summed E-state index contributed by atoms with van der Waals surface area (Å²) in [6.07, 6.45) is 0. The Labute approximate surface area is 132 Å². The Morgan fingerprint density at radius 1 is 1.29 bits per heavy atom. The summed E-state index contributed by atoms with van der Waals surface area (Å²) in [7, 11) is 0. The van der Waals surface area contributed by atoms with E-state index in [-0.39, 0.29) is 12.5 Å². The second-order valence-electron chi connectivity index (χ2n) is 4.67. The monoisotopic (exact) mass is 348 g/mol. The first-order chi connectivity index (χ1) is 10.1. The summed E-state index contributed by atoms with van der Waals surface area (Å²) >= 11 is 3.42. The number of aryl methyl sites for hydroxylation is 1. The molecule has 5 heteroatoms. The first-order valence-electron chi connectivity index (χ1n) is 6.56. The van der Waals surface area contributed by atoms with Crippen LogP contribution in [0.5, 0.6) is 5.75 Å². The normalized spacial score (nSPS) is 10.2. The second-order valence-corrected chi connectivity index (χ2v) is 5.53. The first kappa shape index (κ1) is 15.5. The zero-order valence-corrected chi connectivity index (χ0v) is 13.3. The van der Waals surface area contributed by atoms with E-state index in [0.717, 1.165) is 21.3 Å². The van der Waals surface area contributed by atoms with E-state index in [1.54, 1.807) is 6.07 Å². The number of amides is 1. The number of halogens is 1. The van der Waals surface area contributed by atoms with Gasteiger partial charge in [-0.15, -0.1) is 0 Å². The number of benzene rings is 2. The Kier molecular flexibility index (Phi) is 5.36. The number of ether oxygens (including phenoxy) is 1. The van der Waals surface area contributed by atoms with Gasteiger partial charge in [0.2, 0.25) is 0 Å². The highest BCUT2D eigenvalue weighted by Gasteiger charge is 2.07. The van der Waals surface area contributed by atoms with Crippen LogP contribution in [0.4, 0.5) is 5.69 Å². The lowest BCUT2D eigenvalue weighted by atomic mass is 10.2. The van der Waals surface area contributed by atoms with Gasteiger partial charge in [-0.3, -0.25) is 4.79 Å². The van der Waals surface area contributed by atoms with Crippen molar-refractivity contribution < 1.29 is 9.53 Å². The molecule has 0 aliphatic heterocycles. The SMILES string of the molecule is Cc1ccc(NC(=O)COc2cccc(CN)c2)c(Br)c1. The summed E-state index contributed by atoms with van der Waals surface area (Å²) in [6, 6.07) is 13.1. The Bertz CT molecular complexity index is 644. The van der Waals surface area contributed by atoms with Crippen molar-refractivity contribution in [1.82, 2.24) is 0 Å². The predicted octanol–water partition coefficient (Wildman–Crippen LogP) is 3.23. The number of anilines is 1. The van der Waals surface area contributed by atoms with Gasteiger partial charge >= 0.3 is 0 Å². The van der Waals surface area contributed by atoms with Crippen LogP contribution in [-0.2, 0) is 11.3 Å². The summed E-state index contributed by atoms with van der Waals surface area (Å²) in [5.41, 5.74) is 8.38. The topological polar surface area (TPSA) is 64.3 Å². The van der Waals surface area contributed by atoms with Crippen molar-refractivity contribution in [3.05, 3.63) is 58.1 Å². The van der Waals surface area contributed by atoms with E-state index in [0.29, 0.717) is 12.3 Å². The fourth-order valence-electron chi connectivity index (χ4n) is 1.82. The highest BCUT2D eigenvalue weighted by atomic mass is 79.9. The Balaban J connectivity index is 1.92. The zero-order valence-electron chi connectivity index (χ0n) is 11.7. The molecule has 0 aromatic heterocycles. The smallest absolute Gasteiger partial charge is 0.262 e. The van der Waals surface area contributed by atoms with Crippen LogP contribution < -0.4 is 15.8 Å². The fraction of sp³-hybridized carbons (Fsp3) is 0.188. The van der Waals surface area contributed by atoms with Crippen LogP contribution in [0.25, 0.3) is 0 Å². The van der Waals surface area contributed by atoms with Crippen LogP contribution in [0, 0.1) is 6.92 Å². The van der Waals surface area contributed by atoms with Gasteiger partial charge in [0.05, 0.1) is 5.69 Å². The molecule has 2 aromatic rings. The van der Waals surface area contributed by atoms with Crippen molar-refractivity contribution in [1.29, 1.82) is 0 Å². The maximum atomic E-state index is 11.9. The van der Waals surface area contributed by atoms with Crippen molar-refractivity contribution in [3.63, 3.8) is 0 Å². The molecule has 1 amide bonds. The van der Waals surface area contributed by atoms with Crippen molar-refractivity contribution in [2.45, 2.75) is 13.5 Å². The molecule has 110 valence electrons. The standard InChI is InChI=1S/C16H17BrN2O2/c1-11-5-6-15(14(17)7-11)19-16(20)10-21-13-4-2-3-12(8-13)9-18/h2-8H,9-10,18H2,1H3,(H,19,20). The highest BCUT2D eigenvalue weighted by molar-refractivity contribution is 9.10. The van der Waals surface area contributed by atoms with Gasteiger partial charge in [-0.1, -0.05) is 18.2 Å². The molecule has 0 aliphatic rings. The summed E-state index contributed by atoms with van der Waals surface area (Å²) in [6.45, 7) is 2.39. The molecule has 3 N–H and O–H groups in total. The van der Waals surface area contributed by atoms with Gasteiger partial charge in [0.1, 0.15) is 5.75 Å². The Hall–Kier alpha value is -1.85. The molecule has 0 unspecified atom stereocenters. The van der Waals surface area contributed by atoms with Crippen LogP contribution in [0.1, 0.15) is 11.1 Å². The van der Waals surface area contributed by atoms with Crippen LogP contribution in [0.3, 0.4) is 0 Å². The van der Waals surface area contributed by atoms with Gasteiger partial charge in [-0.2, -0.15) is 0 Å². The molecule has 0 saturated heterocycles. The Morgan fingerprint density at radius 3 is 2.81 bits per heavy atom. The molecule has 0 fully saturated rings. The van der Waals surface area contributed by atoms with E-state index in [1.807, 2.05) is 43.3 Å². The number of rotatable bonds is 5. The van der Waals surface area contributed by atoms with Crippen LogP contribution in [0.15, 0.2) is 46.9 Å². The molecule has 2 rings (SSSR count). The van der Waals surface area contributed by atoms with Crippen LogP contribution in [-0.4, -0.2) is 12.5 Å². The second kappa shape index (κ2) is 7.24. The highest BCUT2D eigenvalue weighted by Crippen LogP contribution is 2.23. The molecular formula is C16H17BrN2O2. The maximum absolute atomic E-state index is 11.9. The third-order valence-corrected chi connectivity index (χ3v) is 3.56. The molecule has 0 aliphatic carbocycles. The predicted molar refractivity (Wildman–Crippen MR) is 87.3 cm³/mol. The molecule has 0 atom stereocenters. The molecular weight excluding hydrogens is 332 g/mol. The molecule has 21 heavy (non-hydrogen) atoms. The molecule has 0 saturated carbocycles. The minimum absolute atomic E-state index is 0.0473. The fourth-order valence-corrected chi connectivity index (χ4v) is 2.41. The van der Waals surface area contributed by atoms with Crippen molar-refractivity contribution in [2.24, 2.45) is 5.73 Å². The van der Waals surface area contributed by atoms with Gasteiger partial charge in [0.15, 0.2) is 6.61 Å². The lowest BCUT2D eigenvalue weighted by Crippen LogP contribution is -2.20. The lowest BCUT2D eigenvalue weighted by molar-refractivity contribution is -0.118. The minimum Gasteiger partial charge on any atom is -0.484 e. The van der Waals surface area contributed by atoms with Crippen LogP contribution >= 0.6 is 15.9 Å². The van der Waals surface area contributed by atoms with E-state index in [1.165, 1.54) is 0 Å². The zero-order chi connectivity index (χ0) is 15.2. The van der Waals surface area contributed by atoms with Gasteiger partial charge in [0, 0.05) is 11.0 Å². The average molecular weight is 349 g/mol. The number of nitrogens with two attached hydrogens (primary N) is 1. The van der Waals surface area contributed by atoms with Crippen molar-refractivity contribution >= 4 is 27.5 Å². The maximum Gasteiger partial charge on any atom is 0.262 e. The van der Waals surface area contributed by atoms with E-state index >= 15 is 0 Å². The van der Waals surface area contributed by atoms with E-state index in [4.69, 9.17) is 10.5 Å². The third-order valence-electron chi connectivity index (χ3n) is 2.90.